The Labute approximate surface area is 83.3 Å². The molecule has 0 heterocycles. The van der Waals surface area contributed by atoms with Crippen LogP contribution in [0.5, 0.6) is 0 Å². The monoisotopic (exact) mass is 224 g/mol. The third kappa shape index (κ3) is 4.74. The Kier molecular flexibility index (Phi) is 4.31. The molecule has 0 rings (SSSR count). The molecule has 0 amide bonds. The van der Waals surface area contributed by atoms with Crippen LogP contribution in [0.2, 0.25) is 0 Å². The van der Waals surface area contributed by atoms with E-state index in [9.17, 15) is 9.36 Å². The Hall–Kier alpha value is -0.380. The van der Waals surface area contributed by atoms with Crippen molar-refractivity contribution in [3.05, 3.63) is 0 Å². The van der Waals surface area contributed by atoms with Crippen LogP contribution >= 0.6 is 7.60 Å². The first-order valence-corrected chi connectivity index (χ1v) is 6.13. The van der Waals surface area contributed by atoms with Gasteiger partial charge in [-0.25, -0.2) is 0 Å². The predicted octanol–water partition coefficient (Wildman–Crippen LogP) is 1.30. The van der Waals surface area contributed by atoms with Gasteiger partial charge in [0.05, 0.1) is 12.1 Å². The number of rotatable bonds is 5. The van der Waals surface area contributed by atoms with Gasteiger partial charge < -0.3 is 14.9 Å². The fraction of sp³-hybridized carbons (Fsp3) is 0.875. The first-order chi connectivity index (χ1) is 6.06. The van der Waals surface area contributed by atoms with Crippen molar-refractivity contribution in [3.8, 4) is 0 Å². The molecular weight excluding hydrogens is 207 g/mol. The second-order valence-corrected chi connectivity index (χ2v) is 5.96. The van der Waals surface area contributed by atoms with Gasteiger partial charge in [0.2, 0.25) is 0 Å². The van der Waals surface area contributed by atoms with Crippen molar-refractivity contribution in [2.45, 2.75) is 27.2 Å². The molecule has 84 valence electrons. The number of aliphatic carboxylic acids is 1. The summed E-state index contributed by atoms with van der Waals surface area (Å²) in [5.41, 5.74) is -0.604. The summed E-state index contributed by atoms with van der Waals surface area (Å²) in [6.07, 6.45) is -0.0671. The Morgan fingerprint density at radius 1 is 1.43 bits per heavy atom. The molecule has 0 aromatic rings. The highest BCUT2D eigenvalue weighted by Crippen LogP contribution is 2.41. The molecule has 5 nitrogen and oxygen atoms in total. The standard InChI is InChI=1S/C8H17O5P/c1-6(7(9)10)8(2,3)4-5-14(11,12)13/h6H,4-5H2,1-3H3,(H,9,10)(H2,11,12,13). The lowest BCUT2D eigenvalue weighted by atomic mass is 9.78. The van der Waals surface area contributed by atoms with Gasteiger partial charge in [0.15, 0.2) is 0 Å². The summed E-state index contributed by atoms with van der Waals surface area (Å²) in [7, 11) is -4.03. The van der Waals surface area contributed by atoms with E-state index < -0.39 is 24.9 Å². The SMILES string of the molecule is CC(C(=O)O)C(C)(C)CCP(=O)(O)O. The zero-order chi connectivity index (χ0) is 11.6. The highest BCUT2D eigenvalue weighted by molar-refractivity contribution is 7.51. The van der Waals surface area contributed by atoms with Crippen LogP contribution in [0.1, 0.15) is 27.2 Å². The molecule has 6 heteroatoms. The molecule has 0 radical (unpaired) electrons. The van der Waals surface area contributed by atoms with Crippen LogP contribution in [0.25, 0.3) is 0 Å². The highest BCUT2D eigenvalue weighted by Gasteiger charge is 2.32. The second-order valence-electron chi connectivity index (χ2n) is 4.19. The van der Waals surface area contributed by atoms with Crippen LogP contribution in [0.15, 0.2) is 0 Å². The highest BCUT2D eigenvalue weighted by atomic mass is 31.2. The zero-order valence-corrected chi connectivity index (χ0v) is 9.49. The van der Waals surface area contributed by atoms with Gasteiger partial charge >= 0.3 is 13.6 Å². The zero-order valence-electron chi connectivity index (χ0n) is 8.60. The molecule has 0 aliphatic heterocycles. The van der Waals surface area contributed by atoms with Crippen molar-refractivity contribution >= 4 is 13.6 Å². The maximum atomic E-state index is 10.7. The summed E-state index contributed by atoms with van der Waals surface area (Å²) >= 11 is 0. The van der Waals surface area contributed by atoms with Crippen LogP contribution < -0.4 is 0 Å². The first kappa shape index (κ1) is 13.6. The van der Waals surface area contributed by atoms with Gasteiger partial charge in [-0.05, 0) is 11.8 Å². The summed E-state index contributed by atoms with van der Waals surface area (Å²) in [5.74, 6) is -1.56. The molecule has 0 saturated heterocycles. The minimum Gasteiger partial charge on any atom is -0.481 e. The average Bonchev–Trinajstić information content (AvgIpc) is 1.98. The molecule has 0 aliphatic carbocycles. The van der Waals surface area contributed by atoms with E-state index in [2.05, 4.69) is 0 Å². The van der Waals surface area contributed by atoms with Crippen molar-refractivity contribution in [3.63, 3.8) is 0 Å². The van der Waals surface area contributed by atoms with Crippen molar-refractivity contribution in [1.82, 2.24) is 0 Å². The number of carboxylic acid groups (broad SMARTS) is 1. The fourth-order valence-electron chi connectivity index (χ4n) is 0.985. The first-order valence-electron chi connectivity index (χ1n) is 4.33. The van der Waals surface area contributed by atoms with E-state index in [0.29, 0.717) is 0 Å². The third-order valence-corrected chi connectivity index (χ3v) is 3.40. The van der Waals surface area contributed by atoms with Crippen molar-refractivity contribution in [2.75, 3.05) is 6.16 Å². The molecule has 3 N–H and O–H groups in total. The summed E-state index contributed by atoms with van der Waals surface area (Å²) in [5, 5.41) is 8.75. The third-order valence-electron chi connectivity index (χ3n) is 2.59. The molecule has 0 bridgehead atoms. The molecular formula is C8H17O5P. The van der Waals surface area contributed by atoms with E-state index in [-0.39, 0.29) is 12.6 Å². The molecule has 0 aliphatic rings. The summed E-state index contributed by atoms with van der Waals surface area (Å²) in [6, 6.07) is 0. The molecule has 14 heavy (non-hydrogen) atoms. The topological polar surface area (TPSA) is 94.8 Å². The quantitative estimate of drug-likeness (QED) is 0.612. The number of carboxylic acids is 1. The average molecular weight is 224 g/mol. The molecule has 0 fully saturated rings. The van der Waals surface area contributed by atoms with Crippen LogP contribution in [0.3, 0.4) is 0 Å². The van der Waals surface area contributed by atoms with Crippen molar-refractivity contribution in [1.29, 1.82) is 0 Å². The summed E-state index contributed by atoms with van der Waals surface area (Å²) in [4.78, 5) is 28.0. The summed E-state index contributed by atoms with van der Waals surface area (Å²) in [6.45, 7) is 4.94. The van der Waals surface area contributed by atoms with E-state index >= 15 is 0 Å². The van der Waals surface area contributed by atoms with Crippen LogP contribution in [-0.4, -0.2) is 27.0 Å². The van der Waals surface area contributed by atoms with Gasteiger partial charge in [-0.2, -0.15) is 0 Å². The number of hydrogen-bond acceptors (Lipinski definition) is 2. The number of hydrogen-bond donors (Lipinski definition) is 3. The Morgan fingerprint density at radius 3 is 2.14 bits per heavy atom. The fourth-order valence-corrected chi connectivity index (χ4v) is 1.85. The van der Waals surface area contributed by atoms with Gasteiger partial charge in [0.1, 0.15) is 0 Å². The molecule has 1 unspecified atom stereocenters. The minimum absolute atomic E-state index is 0.199. The Balaban J connectivity index is 4.35. The maximum Gasteiger partial charge on any atom is 0.325 e. The van der Waals surface area contributed by atoms with Gasteiger partial charge in [0, 0.05) is 0 Å². The van der Waals surface area contributed by atoms with Crippen LogP contribution in [0, 0.1) is 11.3 Å². The largest absolute Gasteiger partial charge is 0.481 e. The smallest absolute Gasteiger partial charge is 0.325 e. The normalized spacial score (nSPS) is 15.2. The minimum atomic E-state index is -4.03. The second kappa shape index (κ2) is 4.43. The number of carbonyl (C=O) groups is 1. The maximum absolute atomic E-state index is 10.7. The van der Waals surface area contributed by atoms with Gasteiger partial charge in [-0.1, -0.05) is 20.8 Å². The molecule has 1 atom stereocenters. The van der Waals surface area contributed by atoms with E-state index in [4.69, 9.17) is 14.9 Å². The van der Waals surface area contributed by atoms with E-state index in [1.807, 2.05) is 0 Å². The molecule has 0 saturated carbocycles. The lowest BCUT2D eigenvalue weighted by Gasteiger charge is -2.28. The lowest BCUT2D eigenvalue weighted by molar-refractivity contribution is -0.145. The van der Waals surface area contributed by atoms with E-state index in [0.717, 1.165) is 0 Å². The van der Waals surface area contributed by atoms with E-state index in [1.165, 1.54) is 0 Å². The van der Waals surface area contributed by atoms with Gasteiger partial charge in [-0.3, -0.25) is 9.36 Å². The van der Waals surface area contributed by atoms with Crippen molar-refractivity contribution in [2.24, 2.45) is 11.3 Å². The van der Waals surface area contributed by atoms with Crippen LogP contribution in [0.4, 0.5) is 0 Å². The van der Waals surface area contributed by atoms with Gasteiger partial charge in [-0.15, -0.1) is 0 Å². The molecule has 0 aromatic carbocycles. The van der Waals surface area contributed by atoms with Crippen LogP contribution in [-0.2, 0) is 9.36 Å². The summed E-state index contributed by atoms with van der Waals surface area (Å²) < 4.78 is 10.6. The molecule has 0 aromatic heterocycles. The van der Waals surface area contributed by atoms with Crippen molar-refractivity contribution < 1.29 is 24.3 Å². The van der Waals surface area contributed by atoms with Gasteiger partial charge in [0.25, 0.3) is 0 Å². The Morgan fingerprint density at radius 2 is 1.86 bits per heavy atom. The molecule has 0 spiro atoms. The lowest BCUT2D eigenvalue weighted by Crippen LogP contribution is -2.29. The predicted molar refractivity (Wildman–Crippen MR) is 52.1 cm³/mol. The Bertz CT molecular complexity index is 254. The van der Waals surface area contributed by atoms with E-state index in [1.54, 1.807) is 20.8 Å².